The summed E-state index contributed by atoms with van der Waals surface area (Å²) >= 11 is 0. The lowest BCUT2D eigenvalue weighted by atomic mass is 9.90. The van der Waals surface area contributed by atoms with Crippen LogP contribution in [-0.2, 0) is 52.0 Å². The van der Waals surface area contributed by atoms with Crippen molar-refractivity contribution in [2.45, 2.75) is 94.7 Å². The quantitative estimate of drug-likeness (QED) is 0.0784. The minimum absolute atomic E-state index is 0.0337. The number of hydrogen-bond acceptors (Lipinski definition) is 10. The first-order valence-corrected chi connectivity index (χ1v) is 22.6. The number of nitrogens with zero attached hydrogens (tertiary/aromatic N) is 1. The van der Waals surface area contributed by atoms with Crippen molar-refractivity contribution in [1.82, 2.24) is 10.2 Å². The first kappa shape index (κ1) is 48.1. The van der Waals surface area contributed by atoms with Crippen molar-refractivity contribution in [1.29, 1.82) is 0 Å². The van der Waals surface area contributed by atoms with Gasteiger partial charge in [0.05, 0.1) is 18.2 Å². The number of benzene rings is 5. The third kappa shape index (κ3) is 12.1. The van der Waals surface area contributed by atoms with Gasteiger partial charge in [-0.3, -0.25) is 14.4 Å². The first-order chi connectivity index (χ1) is 32.2. The Hall–Kier alpha value is -6.86. The van der Waals surface area contributed by atoms with Crippen molar-refractivity contribution in [2.24, 2.45) is 0 Å². The normalized spacial score (nSPS) is 18.5. The Balaban J connectivity index is 1.16. The highest BCUT2D eigenvalue weighted by Gasteiger charge is 2.55. The number of ether oxygens (including phenoxy) is 4. The Morgan fingerprint density at radius 3 is 2.06 bits per heavy atom. The minimum atomic E-state index is -1.43. The second-order valence-corrected chi connectivity index (χ2v) is 17.8. The molecule has 0 saturated carbocycles. The number of carbonyl (C=O) groups excluding carboxylic acids is 4. The van der Waals surface area contributed by atoms with Crippen LogP contribution in [0.1, 0.15) is 78.2 Å². The third-order valence-corrected chi connectivity index (χ3v) is 11.8. The molecule has 0 aromatic heterocycles. The third-order valence-electron chi connectivity index (χ3n) is 11.8. The lowest BCUT2D eigenvalue weighted by molar-refractivity contribution is -0.157. The lowest BCUT2D eigenvalue weighted by Crippen LogP contribution is -2.53. The highest BCUT2D eigenvalue weighted by molar-refractivity contribution is 5.97. The van der Waals surface area contributed by atoms with Gasteiger partial charge in [-0.05, 0) is 74.6 Å². The van der Waals surface area contributed by atoms with Gasteiger partial charge < -0.3 is 39.4 Å². The van der Waals surface area contributed by atoms with Gasteiger partial charge in [-0.1, -0.05) is 133 Å². The van der Waals surface area contributed by atoms with E-state index >= 15 is 0 Å². The fraction of sp³-hybridized carbons (Fsp3) is 0.309. The lowest BCUT2D eigenvalue weighted by Gasteiger charge is -2.34. The average Bonchev–Trinajstić information content (AvgIpc) is 3.74. The standard InChI is InChI=1S/C55H58N2O10/c1-54(2,3)66-49(60)32-31-44(36-58)56-51(61)45(33-38-17-8-5-9-18-38)57(4)52(62)41-34-47(64-53(63)40-29-27-37(28-30-40)19-16-21-39-20-14-15-26-46(39)59)50-48(35-41)65-55(67-50,42-22-10-6-11-23-42)43-24-12-7-13-25-43/h5-20,22-30,35,44-45,47-48,50,58-59H,21,31-34,36H2,1-4H3,(H,56,61)/t44-,45+,47+,48+,50-/m0/s1. The van der Waals surface area contributed by atoms with E-state index in [2.05, 4.69) is 5.32 Å². The molecular formula is C55H58N2O10. The van der Waals surface area contributed by atoms with E-state index in [4.69, 9.17) is 18.9 Å². The van der Waals surface area contributed by atoms with E-state index in [1.807, 2.05) is 115 Å². The Morgan fingerprint density at radius 1 is 0.836 bits per heavy atom. The van der Waals surface area contributed by atoms with Crippen molar-refractivity contribution < 1.29 is 48.3 Å². The number of esters is 2. The van der Waals surface area contributed by atoms with E-state index in [9.17, 15) is 29.4 Å². The maximum absolute atomic E-state index is 14.9. The molecular weight excluding hydrogens is 849 g/mol. The van der Waals surface area contributed by atoms with Crippen molar-refractivity contribution in [2.75, 3.05) is 13.7 Å². The summed E-state index contributed by atoms with van der Waals surface area (Å²) in [6, 6.07) is 40.4. The van der Waals surface area contributed by atoms with E-state index < -0.39 is 72.1 Å². The van der Waals surface area contributed by atoms with Crippen LogP contribution in [-0.4, -0.2) is 88.5 Å². The van der Waals surface area contributed by atoms with Crippen LogP contribution in [0.25, 0.3) is 6.08 Å². The van der Waals surface area contributed by atoms with Crippen molar-refractivity contribution in [3.63, 3.8) is 0 Å². The molecule has 348 valence electrons. The molecule has 12 heteroatoms. The number of carbonyl (C=O) groups is 4. The molecule has 1 aliphatic heterocycles. The van der Waals surface area contributed by atoms with Crippen LogP contribution in [0.4, 0.5) is 0 Å². The van der Waals surface area contributed by atoms with Crippen molar-refractivity contribution >= 4 is 29.8 Å². The van der Waals surface area contributed by atoms with E-state index in [1.165, 1.54) is 4.90 Å². The van der Waals surface area contributed by atoms with E-state index in [-0.39, 0.29) is 42.6 Å². The van der Waals surface area contributed by atoms with Gasteiger partial charge in [-0.15, -0.1) is 0 Å². The van der Waals surface area contributed by atoms with E-state index in [0.717, 1.165) is 16.7 Å². The number of para-hydroxylation sites is 1. The fourth-order valence-corrected chi connectivity index (χ4v) is 8.33. The van der Waals surface area contributed by atoms with Crippen LogP contribution in [0.2, 0.25) is 0 Å². The summed E-state index contributed by atoms with van der Waals surface area (Å²) < 4.78 is 25.6. The number of phenolic OH excluding ortho intramolecular Hbond substituents is 1. The fourth-order valence-electron chi connectivity index (χ4n) is 8.33. The van der Waals surface area contributed by atoms with Gasteiger partial charge in [0.2, 0.25) is 17.6 Å². The number of hydrogen-bond donors (Lipinski definition) is 3. The summed E-state index contributed by atoms with van der Waals surface area (Å²) in [5.74, 6) is -3.31. The second-order valence-electron chi connectivity index (χ2n) is 17.8. The molecule has 1 heterocycles. The molecule has 0 unspecified atom stereocenters. The number of nitrogens with one attached hydrogen (secondary N) is 1. The molecule has 0 radical (unpaired) electrons. The Kier molecular flexibility index (Phi) is 15.5. The molecule has 5 aromatic carbocycles. The van der Waals surface area contributed by atoms with E-state index in [1.54, 1.807) is 70.3 Å². The summed E-state index contributed by atoms with van der Waals surface area (Å²) in [5, 5.41) is 23.3. The molecule has 1 aliphatic carbocycles. The maximum Gasteiger partial charge on any atom is 0.338 e. The molecule has 12 nitrogen and oxygen atoms in total. The van der Waals surface area contributed by atoms with Gasteiger partial charge in [0, 0.05) is 43.0 Å². The number of phenols is 1. The predicted octanol–water partition coefficient (Wildman–Crippen LogP) is 7.86. The highest BCUT2D eigenvalue weighted by atomic mass is 16.8. The molecule has 2 aliphatic rings. The molecule has 3 N–H and O–H groups in total. The molecule has 7 rings (SSSR count). The van der Waals surface area contributed by atoms with E-state index in [0.29, 0.717) is 17.5 Å². The van der Waals surface area contributed by atoms with Crippen LogP contribution in [0.3, 0.4) is 0 Å². The Bertz CT molecular complexity index is 2500. The number of aliphatic hydroxyl groups is 1. The Labute approximate surface area is 391 Å². The van der Waals surface area contributed by atoms with Gasteiger partial charge in [0.25, 0.3) is 0 Å². The minimum Gasteiger partial charge on any atom is -0.508 e. The topological polar surface area (TPSA) is 161 Å². The Morgan fingerprint density at radius 2 is 1.45 bits per heavy atom. The zero-order chi connectivity index (χ0) is 47.6. The summed E-state index contributed by atoms with van der Waals surface area (Å²) in [4.78, 5) is 57.1. The first-order valence-electron chi connectivity index (χ1n) is 22.6. The van der Waals surface area contributed by atoms with Crippen molar-refractivity contribution in [3.05, 3.63) is 191 Å². The molecule has 0 bridgehead atoms. The molecule has 1 saturated heterocycles. The SMILES string of the molecule is CN(C(=O)C1=C[C@H]2OC(c3ccccc3)(c3ccccc3)O[C@H]2[C@H](OC(=O)c2ccc(C=CCc3ccccc3O)cc2)C1)[C@H](Cc1ccccc1)C(=O)N[C@H](CO)CCC(=O)OC(C)(C)C. The number of likely N-dealkylation sites (N-methyl/N-ethyl adjacent to an activating group) is 1. The van der Waals surface area contributed by atoms with Gasteiger partial charge in [-0.2, -0.15) is 0 Å². The summed E-state index contributed by atoms with van der Waals surface area (Å²) in [6.45, 7) is 4.86. The number of aromatic hydroxyl groups is 1. The van der Waals surface area contributed by atoms with Gasteiger partial charge in [0.1, 0.15) is 35.7 Å². The smallest absolute Gasteiger partial charge is 0.338 e. The molecule has 67 heavy (non-hydrogen) atoms. The molecule has 5 atom stereocenters. The number of amides is 2. The molecule has 2 amide bonds. The molecule has 1 fully saturated rings. The maximum atomic E-state index is 14.9. The number of aliphatic hydroxyl groups excluding tert-OH is 1. The molecule has 5 aromatic rings. The highest BCUT2D eigenvalue weighted by Crippen LogP contribution is 2.47. The van der Waals surface area contributed by atoms with Crippen molar-refractivity contribution in [3.8, 4) is 5.75 Å². The van der Waals surface area contributed by atoms with Gasteiger partial charge >= 0.3 is 11.9 Å². The van der Waals surface area contributed by atoms with Crippen LogP contribution in [0, 0.1) is 0 Å². The van der Waals surface area contributed by atoms with Gasteiger partial charge in [0.15, 0.2) is 0 Å². The van der Waals surface area contributed by atoms with Crippen LogP contribution in [0.15, 0.2) is 157 Å². The number of allylic oxidation sites excluding steroid dienone is 1. The summed E-state index contributed by atoms with van der Waals surface area (Å²) in [7, 11) is 1.54. The average molecular weight is 907 g/mol. The molecule has 0 spiro atoms. The predicted molar refractivity (Wildman–Crippen MR) is 253 cm³/mol. The van der Waals surface area contributed by atoms with Crippen LogP contribution < -0.4 is 5.32 Å². The van der Waals surface area contributed by atoms with Gasteiger partial charge in [-0.25, -0.2) is 4.79 Å². The zero-order valence-electron chi connectivity index (χ0n) is 38.2. The number of rotatable bonds is 17. The zero-order valence-corrected chi connectivity index (χ0v) is 38.2. The monoisotopic (exact) mass is 906 g/mol. The summed E-state index contributed by atoms with van der Waals surface area (Å²) in [5.41, 5.74) is 3.68. The number of fused-ring (bicyclic) bond motifs is 1. The largest absolute Gasteiger partial charge is 0.508 e. The van der Waals surface area contributed by atoms with Crippen LogP contribution in [0.5, 0.6) is 5.75 Å². The second kappa shape index (κ2) is 21.6. The van der Waals surface area contributed by atoms with Crippen LogP contribution >= 0.6 is 0 Å². The summed E-state index contributed by atoms with van der Waals surface area (Å²) in [6.07, 6.45) is 3.51.